The molecule has 0 aromatic carbocycles. The fourth-order valence-corrected chi connectivity index (χ4v) is 2.27. The fourth-order valence-electron chi connectivity index (χ4n) is 2.27. The molecule has 1 N–H and O–H groups in total. The molecule has 0 aliphatic rings. The molecular weight excluding hydrogens is 222 g/mol. The second-order valence-electron chi connectivity index (χ2n) is 5.16. The molecule has 0 aliphatic carbocycles. The predicted molar refractivity (Wildman–Crippen MR) is 77.7 cm³/mol. The van der Waals surface area contributed by atoms with Crippen molar-refractivity contribution in [1.82, 2.24) is 15.1 Å². The summed E-state index contributed by atoms with van der Waals surface area (Å²) in [7, 11) is 0. The minimum Gasteiger partial charge on any atom is -0.313 e. The van der Waals surface area contributed by atoms with Gasteiger partial charge in [0.2, 0.25) is 0 Å². The van der Waals surface area contributed by atoms with Crippen LogP contribution in [0.2, 0.25) is 0 Å². The molecule has 0 radical (unpaired) electrons. The number of aryl methyl sites for hydroxylation is 1. The molecule has 0 fully saturated rings. The van der Waals surface area contributed by atoms with Gasteiger partial charge < -0.3 is 5.32 Å². The van der Waals surface area contributed by atoms with Crippen LogP contribution in [0.3, 0.4) is 0 Å². The second kappa shape index (κ2) is 8.30. The molecule has 0 aliphatic heterocycles. The van der Waals surface area contributed by atoms with E-state index < -0.39 is 0 Å². The third-order valence-electron chi connectivity index (χ3n) is 3.60. The van der Waals surface area contributed by atoms with Crippen molar-refractivity contribution in [2.45, 2.75) is 66.5 Å². The fraction of sp³-hybridized carbons (Fsp3) is 0.800. The molecule has 0 saturated carbocycles. The molecule has 3 heteroatoms. The number of nitrogens with one attached hydrogen (secondary N) is 1. The van der Waals surface area contributed by atoms with E-state index in [4.69, 9.17) is 0 Å². The summed E-state index contributed by atoms with van der Waals surface area (Å²) < 4.78 is 2.14. The third-order valence-corrected chi connectivity index (χ3v) is 3.60. The van der Waals surface area contributed by atoms with Gasteiger partial charge in [-0.2, -0.15) is 5.10 Å². The maximum atomic E-state index is 4.64. The van der Waals surface area contributed by atoms with Gasteiger partial charge in [-0.25, -0.2) is 0 Å². The monoisotopic (exact) mass is 251 g/mol. The van der Waals surface area contributed by atoms with Crippen molar-refractivity contribution in [2.75, 3.05) is 6.54 Å². The minimum absolute atomic E-state index is 0.774. The smallest absolute Gasteiger partial charge is 0.0638 e. The SMILES string of the molecule is CCCCC(CC)Cn1cc(CNCC)c(C)n1. The Morgan fingerprint density at radius 1 is 1.33 bits per heavy atom. The number of rotatable bonds is 9. The molecular formula is C15H29N3. The second-order valence-corrected chi connectivity index (χ2v) is 5.16. The van der Waals surface area contributed by atoms with E-state index >= 15 is 0 Å². The molecule has 1 unspecified atom stereocenters. The van der Waals surface area contributed by atoms with Crippen LogP contribution in [0.25, 0.3) is 0 Å². The molecule has 104 valence electrons. The molecule has 1 aromatic rings. The largest absolute Gasteiger partial charge is 0.313 e. The van der Waals surface area contributed by atoms with Crippen molar-refractivity contribution < 1.29 is 0 Å². The Morgan fingerprint density at radius 2 is 2.11 bits per heavy atom. The molecule has 0 spiro atoms. The zero-order chi connectivity index (χ0) is 13.4. The molecule has 1 aromatic heterocycles. The van der Waals surface area contributed by atoms with Gasteiger partial charge in [-0.1, -0.05) is 40.0 Å². The minimum atomic E-state index is 0.774. The highest BCUT2D eigenvalue weighted by Crippen LogP contribution is 2.16. The normalized spacial score (nSPS) is 12.9. The lowest BCUT2D eigenvalue weighted by Crippen LogP contribution is -2.12. The number of hydrogen-bond acceptors (Lipinski definition) is 2. The van der Waals surface area contributed by atoms with Crippen molar-refractivity contribution in [3.05, 3.63) is 17.5 Å². The van der Waals surface area contributed by atoms with Crippen molar-refractivity contribution >= 4 is 0 Å². The van der Waals surface area contributed by atoms with Gasteiger partial charge >= 0.3 is 0 Å². The summed E-state index contributed by atoms with van der Waals surface area (Å²) in [6.07, 6.45) is 7.42. The van der Waals surface area contributed by atoms with E-state index in [0.29, 0.717) is 0 Å². The van der Waals surface area contributed by atoms with Gasteiger partial charge in [-0.05, 0) is 25.8 Å². The molecule has 1 heterocycles. The van der Waals surface area contributed by atoms with Gasteiger partial charge in [-0.15, -0.1) is 0 Å². The van der Waals surface area contributed by atoms with Gasteiger partial charge in [0.1, 0.15) is 0 Å². The number of unbranched alkanes of at least 4 members (excludes halogenated alkanes) is 1. The predicted octanol–water partition coefficient (Wildman–Crippen LogP) is 3.52. The highest BCUT2D eigenvalue weighted by Gasteiger charge is 2.10. The molecule has 18 heavy (non-hydrogen) atoms. The summed E-state index contributed by atoms with van der Waals surface area (Å²) in [4.78, 5) is 0. The summed E-state index contributed by atoms with van der Waals surface area (Å²) in [5, 5.41) is 8.00. The molecule has 0 saturated heterocycles. The third kappa shape index (κ3) is 4.81. The number of hydrogen-bond donors (Lipinski definition) is 1. The Labute approximate surface area is 112 Å². The van der Waals surface area contributed by atoms with Crippen LogP contribution in [-0.4, -0.2) is 16.3 Å². The van der Waals surface area contributed by atoms with Crippen molar-refractivity contribution in [2.24, 2.45) is 5.92 Å². The summed E-state index contributed by atoms with van der Waals surface area (Å²) in [5.41, 5.74) is 2.50. The first kappa shape index (κ1) is 15.2. The Balaban J connectivity index is 2.54. The van der Waals surface area contributed by atoms with E-state index in [1.807, 2.05) is 0 Å². The van der Waals surface area contributed by atoms with Crippen LogP contribution in [0.15, 0.2) is 6.20 Å². The topological polar surface area (TPSA) is 29.9 Å². The van der Waals surface area contributed by atoms with Crippen LogP contribution >= 0.6 is 0 Å². The van der Waals surface area contributed by atoms with Crippen molar-refractivity contribution in [1.29, 1.82) is 0 Å². The Kier molecular flexibility index (Phi) is 7.02. The van der Waals surface area contributed by atoms with Gasteiger partial charge in [0.15, 0.2) is 0 Å². The lowest BCUT2D eigenvalue weighted by molar-refractivity contribution is 0.371. The van der Waals surface area contributed by atoms with Gasteiger partial charge in [-0.3, -0.25) is 4.68 Å². The Hall–Kier alpha value is -0.830. The van der Waals surface area contributed by atoms with Crippen LogP contribution in [0.4, 0.5) is 0 Å². The van der Waals surface area contributed by atoms with E-state index in [2.05, 4.69) is 49.0 Å². The average molecular weight is 251 g/mol. The van der Waals surface area contributed by atoms with E-state index in [1.165, 1.54) is 36.9 Å². The molecule has 1 atom stereocenters. The van der Waals surface area contributed by atoms with Crippen LogP contribution in [0.5, 0.6) is 0 Å². The van der Waals surface area contributed by atoms with Gasteiger partial charge in [0.05, 0.1) is 5.69 Å². The summed E-state index contributed by atoms with van der Waals surface area (Å²) in [6, 6.07) is 0. The standard InChI is InChI=1S/C15H29N3/c1-5-8-9-14(6-2)11-18-12-15(10-16-7-3)13(4)17-18/h12,14,16H,5-11H2,1-4H3. The van der Waals surface area contributed by atoms with E-state index in [1.54, 1.807) is 0 Å². The molecule has 0 bridgehead atoms. The van der Waals surface area contributed by atoms with Crippen molar-refractivity contribution in [3.8, 4) is 0 Å². The number of aromatic nitrogens is 2. The first-order valence-corrected chi connectivity index (χ1v) is 7.44. The molecule has 1 rings (SSSR count). The maximum absolute atomic E-state index is 4.64. The Morgan fingerprint density at radius 3 is 2.72 bits per heavy atom. The quantitative estimate of drug-likeness (QED) is 0.728. The summed E-state index contributed by atoms with van der Waals surface area (Å²) >= 11 is 0. The zero-order valence-corrected chi connectivity index (χ0v) is 12.5. The van der Waals surface area contributed by atoms with Crippen LogP contribution in [0, 0.1) is 12.8 Å². The van der Waals surface area contributed by atoms with E-state index in [-0.39, 0.29) is 0 Å². The van der Waals surface area contributed by atoms with Gasteiger partial charge in [0, 0.05) is 24.8 Å². The lowest BCUT2D eigenvalue weighted by Gasteiger charge is -2.14. The highest BCUT2D eigenvalue weighted by molar-refractivity contribution is 5.15. The summed E-state index contributed by atoms with van der Waals surface area (Å²) in [6.45, 7) is 11.8. The maximum Gasteiger partial charge on any atom is 0.0638 e. The van der Waals surface area contributed by atoms with Gasteiger partial charge in [0.25, 0.3) is 0 Å². The first-order chi connectivity index (χ1) is 8.71. The van der Waals surface area contributed by atoms with Crippen LogP contribution in [-0.2, 0) is 13.1 Å². The van der Waals surface area contributed by atoms with Crippen molar-refractivity contribution in [3.63, 3.8) is 0 Å². The van der Waals surface area contributed by atoms with Crippen LogP contribution in [0.1, 0.15) is 57.7 Å². The lowest BCUT2D eigenvalue weighted by atomic mass is 9.99. The first-order valence-electron chi connectivity index (χ1n) is 7.44. The number of nitrogens with zero attached hydrogens (tertiary/aromatic N) is 2. The Bertz CT molecular complexity index is 330. The van der Waals surface area contributed by atoms with E-state index in [9.17, 15) is 0 Å². The summed E-state index contributed by atoms with van der Waals surface area (Å²) in [5.74, 6) is 0.774. The average Bonchev–Trinajstić information content (AvgIpc) is 2.72. The molecule has 0 amide bonds. The van der Waals surface area contributed by atoms with Crippen LogP contribution < -0.4 is 5.32 Å². The van der Waals surface area contributed by atoms with E-state index in [0.717, 1.165) is 25.6 Å². The molecule has 3 nitrogen and oxygen atoms in total. The highest BCUT2D eigenvalue weighted by atomic mass is 15.3. The zero-order valence-electron chi connectivity index (χ0n) is 12.5.